The fraction of sp³-hybridized carbons (Fsp3) is 0.476. The van der Waals surface area contributed by atoms with E-state index in [2.05, 4.69) is 23.5 Å². The Kier molecular flexibility index (Phi) is 7.35. The maximum atomic E-state index is 12.2. The molecule has 0 N–H and O–H groups in total. The number of hydrogen-bond donors (Lipinski definition) is 0. The molecule has 0 saturated heterocycles. The molecule has 146 valence electrons. The summed E-state index contributed by atoms with van der Waals surface area (Å²) in [7, 11) is 0. The molecule has 2 rings (SSSR count). The molecule has 0 saturated carbocycles. The highest BCUT2D eigenvalue weighted by atomic mass is 19.4. The molecule has 6 heteroatoms. The van der Waals surface area contributed by atoms with Crippen LogP contribution in [0, 0.1) is 17.8 Å². The Morgan fingerprint density at radius 3 is 2.37 bits per heavy atom. The molecule has 0 heterocycles. The summed E-state index contributed by atoms with van der Waals surface area (Å²) in [6.45, 7) is 4.22. The van der Waals surface area contributed by atoms with Crippen molar-refractivity contribution in [3.63, 3.8) is 0 Å². The van der Waals surface area contributed by atoms with Crippen LogP contribution in [0.25, 0.3) is 0 Å². The molecule has 3 nitrogen and oxygen atoms in total. The van der Waals surface area contributed by atoms with Crippen molar-refractivity contribution in [1.29, 1.82) is 0 Å². The van der Waals surface area contributed by atoms with Crippen molar-refractivity contribution in [1.82, 2.24) is 0 Å². The average molecular weight is 380 g/mol. The predicted molar refractivity (Wildman–Crippen MR) is 95.9 cm³/mol. The van der Waals surface area contributed by atoms with E-state index >= 15 is 0 Å². The van der Waals surface area contributed by atoms with E-state index in [0.717, 1.165) is 43.3 Å². The third-order valence-electron chi connectivity index (χ3n) is 4.15. The van der Waals surface area contributed by atoms with Gasteiger partial charge in [0.2, 0.25) is 0 Å². The Bertz CT molecular complexity index is 737. The largest absolute Gasteiger partial charge is 0.573 e. The fourth-order valence-corrected chi connectivity index (χ4v) is 2.81. The molecule has 27 heavy (non-hydrogen) atoms. The highest BCUT2D eigenvalue weighted by molar-refractivity contribution is 5.88. The SMILES string of the molecule is CCCCCCC1=C(C#Cc2ccc(OC(F)(F)F)cc2)C1C(=O)OCC. The van der Waals surface area contributed by atoms with Gasteiger partial charge in [0.15, 0.2) is 0 Å². The van der Waals surface area contributed by atoms with E-state index < -0.39 is 6.36 Å². The van der Waals surface area contributed by atoms with Crippen LogP contribution in [0.3, 0.4) is 0 Å². The van der Waals surface area contributed by atoms with Crippen molar-refractivity contribution in [2.24, 2.45) is 5.92 Å². The molecule has 0 spiro atoms. The lowest BCUT2D eigenvalue weighted by atomic mass is 10.1. The number of halogens is 3. The maximum absolute atomic E-state index is 12.2. The lowest BCUT2D eigenvalue weighted by Crippen LogP contribution is -2.16. The van der Waals surface area contributed by atoms with Crippen LogP contribution in [0.2, 0.25) is 0 Å². The third-order valence-corrected chi connectivity index (χ3v) is 4.15. The van der Waals surface area contributed by atoms with Gasteiger partial charge >= 0.3 is 12.3 Å². The average Bonchev–Trinajstić information content (AvgIpc) is 3.30. The van der Waals surface area contributed by atoms with Crippen LogP contribution in [0.1, 0.15) is 51.5 Å². The Morgan fingerprint density at radius 1 is 1.07 bits per heavy atom. The summed E-state index contributed by atoms with van der Waals surface area (Å²) in [5.74, 6) is 4.97. The predicted octanol–water partition coefficient (Wildman–Crippen LogP) is 5.40. The molecular formula is C21H23F3O3. The van der Waals surface area contributed by atoms with E-state index in [-0.39, 0.29) is 17.6 Å². The summed E-state index contributed by atoms with van der Waals surface area (Å²) in [5, 5.41) is 0. The van der Waals surface area contributed by atoms with Gasteiger partial charge in [-0.05, 0) is 49.6 Å². The summed E-state index contributed by atoms with van der Waals surface area (Å²) in [6, 6.07) is 5.34. The van der Waals surface area contributed by atoms with Crippen LogP contribution in [-0.4, -0.2) is 18.9 Å². The first-order chi connectivity index (χ1) is 12.9. The zero-order valence-electron chi connectivity index (χ0n) is 15.5. The number of carbonyl (C=O) groups excluding carboxylic acids is 1. The molecule has 0 bridgehead atoms. The first-order valence-corrected chi connectivity index (χ1v) is 9.13. The van der Waals surface area contributed by atoms with Gasteiger partial charge in [0.05, 0.1) is 6.61 Å². The molecular weight excluding hydrogens is 357 g/mol. The van der Waals surface area contributed by atoms with Crippen molar-refractivity contribution < 1.29 is 27.4 Å². The number of unbranched alkanes of at least 4 members (excludes halogenated alkanes) is 3. The molecule has 1 unspecified atom stereocenters. The Hall–Kier alpha value is -2.42. The van der Waals surface area contributed by atoms with Gasteiger partial charge in [0.25, 0.3) is 0 Å². The summed E-state index contributed by atoms with van der Waals surface area (Å²) in [5.41, 5.74) is 2.35. The molecule has 0 aromatic heterocycles. The van der Waals surface area contributed by atoms with E-state index in [1.165, 1.54) is 24.3 Å². The number of ether oxygens (including phenoxy) is 2. The zero-order chi connectivity index (χ0) is 19.9. The number of carbonyl (C=O) groups is 1. The molecule has 1 aromatic rings. The zero-order valence-corrected chi connectivity index (χ0v) is 15.5. The van der Waals surface area contributed by atoms with E-state index in [1.807, 2.05) is 0 Å². The number of alkyl halides is 3. The van der Waals surface area contributed by atoms with Crippen LogP contribution in [0.15, 0.2) is 35.4 Å². The van der Waals surface area contributed by atoms with Crippen molar-refractivity contribution in [2.45, 2.75) is 52.3 Å². The minimum absolute atomic E-state index is 0.277. The summed E-state index contributed by atoms with van der Waals surface area (Å²) >= 11 is 0. The third kappa shape index (κ3) is 6.67. The van der Waals surface area contributed by atoms with Gasteiger partial charge in [-0.15, -0.1) is 13.2 Å². The van der Waals surface area contributed by atoms with Gasteiger partial charge < -0.3 is 9.47 Å². The van der Waals surface area contributed by atoms with Crippen LogP contribution in [0.5, 0.6) is 5.75 Å². The van der Waals surface area contributed by atoms with Crippen molar-refractivity contribution in [2.75, 3.05) is 6.61 Å². The highest BCUT2D eigenvalue weighted by Gasteiger charge is 2.42. The molecule has 1 aliphatic rings. The minimum atomic E-state index is -4.72. The first kappa shape index (κ1) is 20.9. The van der Waals surface area contributed by atoms with Gasteiger partial charge in [-0.3, -0.25) is 4.79 Å². The number of benzene rings is 1. The smallest absolute Gasteiger partial charge is 0.465 e. The Balaban J connectivity index is 2.03. The molecule has 0 radical (unpaired) electrons. The topological polar surface area (TPSA) is 35.5 Å². The minimum Gasteiger partial charge on any atom is -0.465 e. The number of esters is 1. The van der Waals surface area contributed by atoms with E-state index in [4.69, 9.17) is 4.74 Å². The quantitative estimate of drug-likeness (QED) is 0.344. The van der Waals surface area contributed by atoms with Crippen LogP contribution in [0.4, 0.5) is 13.2 Å². The van der Waals surface area contributed by atoms with E-state index in [0.29, 0.717) is 12.2 Å². The van der Waals surface area contributed by atoms with Crippen molar-refractivity contribution >= 4 is 5.97 Å². The van der Waals surface area contributed by atoms with Gasteiger partial charge in [-0.2, -0.15) is 0 Å². The second-order valence-corrected chi connectivity index (χ2v) is 6.26. The summed E-state index contributed by atoms with van der Waals surface area (Å²) in [6.07, 6.45) is 0.522. The van der Waals surface area contributed by atoms with Crippen LogP contribution >= 0.6 is 0 Å². The van der Waals surface area contributed by atoms with Crippen molar-refractivity contribution in [3.05, 3.63) is 41.0 Å². The van der Waals surface area contributed by atoms with E-state index in [9.17, 15) is 18.0 Å². The summed E-state index contributed by atoms with van der Waals surface area (Å²) in [4.78, 5) is 12.0. The van der Waals surface area contributed by atoms with Gasteiger partial charge in [-0.1, -0.05) is 38.0 Å². The highest BCUT2D eigenvalue weighted by Crippen LogP contribution is 2.43. The molecule has 0 fully saturated rings. The Labute approximate surface area is 157 Å². The van der Waals surface area contributed by atoms with Crippen LogP contribution in [-0.2, 0) is 9.53 Å². The molecule has 1 aliphatic carbocycles. The second-order valence-electron chi connectivity index (χ2n) is 6.26. The van der Waals surface area contributed by atoms with Gasteiger partial charge in [-0.25, -0.2) is 0 Å². The first-order valence-electron chi connectivity index (χ1n) is 9.13. The van der Waals surface area contributed by atoms with Gasteiger partial charge in [0, 0.05) is 11.1 Å². The number of hydrogen-bond acceptors (Lipinski definition) is 3. The molecule has 0 amide bonds. The lowest BCUT2D eigenvalue weighted by molar-refractivity contribution is -0.274. The van der Waals surface area contributed by atoms with Gasteiger partial charge in [0.1, 0.15) is 11.7 Å². The second kappa shape index (κ2) is 9.50. The fourth-order valence-electron chi connectivity index (χ4n) is 2.81. The summed E-state index contributed by atoms with van der Waals surface area (Å²) < 4.78 is 45.5. The normalized spacial score (nSPS) is 15.8. The monoisotopic (exact) mass is 380 g/mol. The molecule has 1 atom stereocenters. The van der Waals surface area contributed by atoms with Crippen LogP contribution < -0.4 is 4.74 Å². The van der Waals surface area contributed by atoms with Crippen molar-refractivity contribution in [3.8, 4) is 17.6 Å². The number of rotatable bonds is 8. The standard InChI is InChI=1S/C21H23F3O3/c1-3-5-6-7-8-17-18(19(17)20(25)26-4-2)14-11-15-9-12-16(13-10-15)27-21(22,23)24/h9-10,12-13,19H,3-8H2,1-2H3. The van der Waals surface area contributed by atoms with E-state index in [1.54, 1.807) is 6.92 Å². The maximum Gasteiger partial charge on any atom is 0.573 e. The lowest BCUT2D eigenvalue weighted by Gasteiger charge is -2.07. The Morgan fingerprint density at radius 2 is 1.78 bits per heavy atom. The molecule has 0 aliphatic heterocycles. The molecule has 1 aromatic carbocycles.